The lowest BCUT2D eigenvalue weighted by molar-refractivity contribution is 0.741. The standard InChI is InChI=1S/C15H18N4OS/c20-13-9-12(10-21-14-7-3-4-8-16-14)18-15(19-13)17-11-5-1-2-6-11/h3-4,7-9,11H,1-2,5-6,10H2,(H2,17,18,19,20). The van der Waals surface area contributed by atoms with Gasteiger partial charge in [-0.05, 0) is 25.0 Å². The first-order valence-corrected chi connectivity index (χ1v) is 8.19. The summed E-state index contributed by atoms with van der Waals surface area (Å²) in [4.78, 5) is 23.3. The summed E-state index contributed by atoms with van der Waals surface area (Å²) in [6.45, 7) is 0. The van der Waals surface area contributed by atoms with Crippen LogP contribution >= 0.6 is 11.8 Å². The fourth-order valence-corrected chi connectivity index (χ4v) is 3.25. The first-order valence-electron chi connectivity index (χ1n) is 7.20. The lowest BCUT2D eigenvalue weighted by atomic mass is 10.2. The summed E-state index contributed by atoms with van der Waals surface area (Å²) in [6.07, 6.45) is 6.56. The molecule has 1 aliphatic carbocycles. The minimum atomic E-state index is -0.109. The number of hydrogen-bond donors (Lipinski definition) is 2. The Kier molecular flexibility index (Phi) is 4.55. The van der Waals surface area contributed by atoms with Crippen molar-refractivity contribution in [1.82, 2.24) is 15.0 Å². The van der Waals surface area contributed by atoms with Crippen molar-refractivity contribution in [1.29, 1.82) is 0 Å². The molecule has 2 aromatic rings. The normalized spacial score (nSPS) is 15.2. The van der Waals surface area contributed by atoms with Gasteiger partial charge in [-0.25, -0.2) is 9.97 Å². The maximum Gasteiger partial charge on any atom is 0.252 e. The number of pyridine rings is 1. The van der Waals surface area contributed by atoms with Crippen molar-refractivity contribution in [3.05, 3.63) is 46.5 Å². The number of aromatic amines is 1. The Morgan fingerprint density at radius 3 is 2.95 bits per heavy atom. The molecule has 1 saturated carbocycles. The molecule has 0 aliphatic heterocycles. The van der Waals surface area contributed by atoms with Gasteiger partial charge in [0.1, 0.15) is 0 Å². The molecule has 21 heavy (non-hydrogen) atoms. The molecule has 0 bridgehead atoms. The van der Waals surface area contributed by atoms with Gasteiger partial charge in [0.25, 0.3) is 5.56 Å². The minimum Gasteiger partial charge on any atom is -0.353 e. The van der Waals surface area contributed by atoms with Crippen molar-refractivity contribution in [3.63, 3.8) is 0 Å². The van der Waals surface area contributed by atoms with Crippen molar-refractivity contribution in [2.24, 2.45) is 0 Å². The highest BCUT2D eigenvalue weighted by Crippen LogP contribution is 2.21. The summed E-state index contributed by atoms with van der Waals surface area (Å²) < 4.78 is 0. The van der Waals surface area contributed by atoms with E-state index in [-0.39, 0.29) is 5.56 Å². The van der Waals surface area contributed by atoms with E-state index in [1.54, 1.807) is 24.0 Å². The van der Waals surface area contributed by atoms with Crippen molar-refractivity contribution >= 4 is 17.7 Å². The van der Waals surface area contributed by atoms with Crippen molar-refractivity contribution in [2.45, 2.75) is 42.5 Å². The lowest BCUT2D eigenvalue weighted by Crippen LogP contribution is -2.20. The maximum absolute atomic E-state index is 11.7. The molecule has 3 rings (SSSR count). The molecular weight excluding hydrogens is 284 g/mol. The van der Waals surface area contributed by atoms with Crippen LogP contribution in [0.1, 0.15) is 31.4 Å². The van der Waals surface area contributed by atoms with Gasteiger partial charge in [0.2, 0.25) is 5.95 Å². The van der Waals surface area contributed by atoms with Gasteiger partial charge < -0.3 is 5.32 Å². The average Bonchev–Trinajstić information content (AvgIpc) is 2.99. The Bertz CT molecular complexity index is 638. The molecule has 2 aromatic heterocycles. The van der Waals surface area contributed by atoms with Gasteiger partial charge in [0.15, 0.2) is 0 Å². The molecule has 0 atom stereocenters. The molecule has 1 aliphatic rings. The third-order valence-corrected chi connectivity index (χ3v) is 4.47. The monoisotopic (exact) mass is 302 g/mol. The predicted molar refractivity (Wildman–Crippen MR) is 84.5 cm³/mol. The van der Waals surface area contributed by atoms with Crippen LogP contribution in [-0.4, -0.2) is 21.0 Å². The van der Waals surface area contributed by atoms with Crippen molar-refractivity contribution in [2.75, 3.05) is 5.32 Å². The molecule has 110 valence electrons. The van der Waals surface area contributed by atoms with Crippen LogP contribution in [0.5, 0.6) is 0 Å². The van der Waals surface area contributed by atoms with Crippen LogP contribution in [0.3, 0.4) is 0 Å². The number of rotatable bonds is 5. The highest BCUT2D eigenvalue weighted by molar-refractivity contribution is 7.98. The van der Waals surface area contributed by atoms with Gasteiger partial charge in [-0.15, -0.1) is 11.8 Å². The highest BCUT2D eigenvalue weighted by atomic mass is 32.2. The van der Waals surface area contributed by atoms with E-state index in [1.165, 1.54) is 12.8 Å². The molecule has 0 amide bonds. The summed E-state index contributed by atoms with van der Waals surface area (Å²) in [7, 11) is 0. The summed E-state index contributed by atoms with van der Waals surface area (Å²) >= 11 is 1.58. The molecule has 1 fully saturated rings. The highest BCUT2D eigenvalue weighted by Gasteiger charge is 2.15. The van der Waals surface area contributed by atoms with Crippen LogP contribution < -0.4 is 10.9 Å². The number of nitrogens with one attached hydrogen (secondary N) is 2. The van der Waals surface area contributed by atoms with Crippen LogP contribution in [0.4, 0.5) is 5.95 Å². The largest absolute Gasteiger partial charge is 0.353 e. The van der Waals surface area contributed by atoms with E-state index in [9.17, 15) is 4.79 Å². The average molecular weight is 302 g/mol. The van der Waals surface area contributed by atoms with Crippen molar-refractivity contribution < 1.29 is 0 Å². The molecule has 2 N–H and O–H groups in total. The Balaban J connectivity index is 1.67. The molecule has 0 unspecified atom stereocenters. The van der Waals surface area contributed by atoms with E-state index in [0.29, 0.717) is 17.7 Å². The third kappa shape index (κ3) is 4.07. The number of hydrogen-bond acceptors (Lipinski definition) is 5. The van der Waals surface area contributed by atoms with E-state index >= 15 is 0 Å². The first-order chi connectivity index (χ1) is 10.3. The molecule has 0 radical (unpaired) electrons. The van der Waals surface area contributed by atoms with E-state index in [4.69, 9.17) is 0 Å². The summed E-state index contributed by atoms with van der Waals surface area (Å²) in [6, 6.07) is 7.78. The number of H-pyrrole nitrogens is 1. The minimum absolute atomic E-state index is 0.109. The SMILES string of the molecule is O=c1cc(CSc2ccccn2)nc(NC2CCCC2)[nH]1. The van der Waals surface area contributed by atoms with Gasteiger partial charge in [-0.1, -0.05) is 18.9 Å². The number of aromatic nitrogens is 3. The molecule has 0 saturated heterocycles. The third-order valence-electron chi connectivity index (χ3n) is 3.50. The lowest BCUT2D eigenvalue weighted by Gasteiger charge is -2.12. The number of anilines is 1. The zero-order chi connectivity index (χ0) is 14.5. The van der Waals surface area contributed by atoms with Crippen LogP contribution in [0, 0.1) is 0 Å². The maximum atomic E-state index is 11.7. The molecular formula is C15H18N4OS. The van der Waals surface area contributed by atoms with Gasteiger partial charge in [0.05, 0.1) is 10.7 Å². The second kappa shape index (κ2) is 6.76. The summed E-state index contributed by atoms with van der Waals surface area (Å²) in [5, 5.41) is 4.26. The molecule has 5 nitrogen and oxygen atoms in total. The predicted octanol–water partition coefficient (Wildman–Crippen LogP) is 2.81. The van der Waals surface area contributed by atoms with E-state index in [1.807, 2.05) is 18.2 Å². The zero-order valence-electron chi connectivity index (χ0n) is 11.7. The molecule has 0 aromatic carbocycles. The second-order valence-corrected chi connectivity index (χ2v) is 6.16. The molecule has 2 heterocycles. The second-order valence-electron chi connectivity index (χ2n) is 5.17. The molecule has 0 spiro atoms. The fourth-order valence-electron chi connectivity index (χ4n) is 2.49. The summed E-state index contributed by atoms with van der Waals surface area (Å²) in [5.41, 5.74) is 0.664. The zero-order valence-corrected chi connectivity index (χ0v) is 12.5. The van der Waals surface area contributed by atoms with Crippen LogP contribution in [0.2, 0.25) is 0 Å². The van der Waals surface area contributed by atoms with E-state index in [0.717, 1.165) is 23.6 Å². The fraction of sp³-hybridized carbons (Fsp3) is 0.400. The Morgan fingerprint density at radius 2 is 2.19 bits per heavy atom. The smallest absolute Gasteiger partial charge is 0.252 e. The topological polar surface area (TPSA) is 70.7 Å². The number of thioether (sulfide) groups is 1. The van der Waals surface area contributed by atoms with Crippen LogP contribution in [-0.2, 0) is 5.75 Å². The summed E-state index contributed by atoms with van der Waals surface area (Å²) in [5.74, 6) is 1.23. The molecule has 6 heteroatoms. The van der Waals surface area contributed by atoms with Gasteiger partial charge >= 0.3 is 0 Å². The Labute approximate surface area is 127 Å². The van der Waals surface area contributed by atoms with E-state index < -0.39 is 0 Å². The Hall–Kier alpha value is -1.82. The first kappa shape index (κ1) is 14.1. The van der Waals surface area contributed by atoms with Crippen LogP contribution in [0.15, 0.2) is 40.3 Å². The van der Waals surface area contributed by atoms with Gasteiger partial charge in [-0.3, -0.25) is 9.78 Å². The van der Waals surface area contributed by atoms with E-state index in [2.05, 4.69) is 20.3 Å². The quantitative estimate of drug-likeness (QED) is 0.831. The van der Waals surface area contributed by atoms with Crippen LogP contribution in [0.25, 0.3) is 0 Å². The number of nitrogens with zero attached hydrogens (tertiary/aromatic N) is 2. The Morgan fingerprint density at radius 1 is 1.33 bits per heavy atom. The van der Waals surface area contributed by atoms with Crippen molar-refractivity contribution in [3.8, 4) is 0 Å². The van der Waals surface area contributed by atoms with Gasteiger partial charge in [-0.2, -0.15) is 0 Å². The van der Waals surface area contributed by atoms with Gasteiger partial charge in [0, 0.05) is 24.1 Å².